The number of carbonyl (C=O) groups is 1. The van der Waals surface area contributed by atoms with Crippen molar-refractivity contribution in [2.45, 2.75) is 4.90 Å². The van der Waals surface area contributed by atoms with Crippen molar-refractivity contribution in [3.63, 3.8) is 0 Å². The fraction of sp³-hybridized carbons (Fsp3) is 0. The van der Waals surface area contributed by atoms with Gasteiger partial charge in [0, 0.05) is 5.69 Å². The summed E-state index contributed by atoms with van der Waals surface area (Å²) >= 11 is 0. The molecule has 0 saturated carbocycles. The van der Waals surface area contributed by atoms with E-state index in [2.05, 4.69) is 9.71 Å². The van der Waals surface area contributed by atoms with Gasteiger partial charge in [-0.3, -0.25) is 18.9 Å². The number of nitrogens with zero attached hydrogens (tertiary/aromatic N) is 2. The second-order valence-corrected chi connectivity index (χ2v) is 8.26. The van der Waals surface area contributed by atoms with E-state index in [1.807, 2.05) is 0 Å². The monoisotopic (exact) mass is 403 g/mol. The summed E-state index contributed by atoms with van der Waals surface area (Å²) in [6, 6.07) is 19.2. The Morgan fingerprint density at radius 3 is 2.38 bits per heavy atom. The zero-order valence-electron chi connectivity index (χ0n) is 14.9. The first-order valence-corrected chi connectivity index (χ1v) is 10.2. The average Bonchev–Trinajstić information content (AvgIpc) is 3.01. The predicted molar refractivity (Wildman–Crippen MR) is 108 cm³/mol. The highest BCUT2D eigenvalue weighted by molar-refractivity contribution is 7.92. The summed E-state index contributed by atoms with van der Waals surface area (Å²) in [6.07, 6.45) is 0. The van der Waals surface area contributed by atoms with E-state index in [0.29, 0.717) is 16.6 Å². The van der Waals surface area contributed by atoms with Gasteiger partial charge in [0.15, 0.2) is 5.82 Å². The van der Waals surface area contributed by atoms with E-state index in [4.69, 9.17) is 0 Å². The van der Waals surface area contributed by atoms with E-state index in [1.54, 1.807) is 48.5 Å². The summed E-state index contributed by atoms with van der Waals surface area (Å²) in [6.45, 7) is 0. The van der Waals surface area contributed by atoms with Gasteiger partial charge in [0.1, 0.15) is 0 Å². The summed E-state index contributed by atoms with van der Waals surface area (Å²) in [4.78, 5) is 30.2. The van der Waals surface area contributed by atoms with E-state index < -0.39 is 15.8 Å². The summed E-state index contributed by atoms with van der Waals surface area (Å²) in [5.74, 6) is -0.407. The molecule has 0 saturated heterocycles. The van der Waals surface area contributed by atoms with Crippen LogP contribution in [0.4, 0.5) is 5.69 Å². The summed E-state index contributed by atoms with van der Waals surface area (Å²) < 4.78 is 28.8. The van der Waals surface area contributed by atoms with Gasteiger partial charge in [-0.1, -0.05) is 30.3 Å². The van der Waals surface area contributed by atoms with Crippen LogP contribution in [0, 0.1) is 0 Å². The molecular formula is C21H13N3O4S. The highest BCUT2D eigenvalue weighted by Crippen LogP contribution is 2.29. The van der Waals surface area contributed by atoms with Crippen molar-refractivity contribution in [2.75, 3.05) is 4.72 Å². The lowest BCUT2D eigenvalue weighted by Gasteiger charge is -2.09. The van der Waals surface area contributed by atoms with Crippen molar-refractivity contribution < 1.29 is 13.2 Å². The molecule has 0 radical (unpaired) electrons. The van der Waals surface area contributed by atoms with Crippen LogP contribution in [0.2, 0.25) is 0 Å². The standard InChI is InChI=1S/C21H13N3O4S/c25-19-16-12-13(23-29(27,28)14-6-2-1-3-7-14)10-11-18(16)24-20(19)22-17-9-5-4-8-15(17)21(24)26/h1-12,23H. The molecule has 3 aromatic carbocycles. The van der Waals surface area contributed by atoms with Crippen LogP contribution in [0.15, 0.2) is 82.5 Å². The smallest absolute Gasteiger partial charge is 0.266 e. The molecule has 0 atom stereocenters. The van der Waals surface area contributed by atoms with Gasteiger partial charge < -0.3 is 0 Å². The number of anilines is 1. The quantitative estimate of drug-likeness (QED) is 0.499. The second kappa shape index (κ2) is 6.11. The van der Waals surface area contributed by atoms with Crippen molar-refractivity contribution in [3.05, 3.63) is 94.5 Å². The average molecular weight is 403 g/mol. The predicted octanol–water partition coefficient (Wildman–Crippen LogP) is 2.73. The molecule has 0 aliphatic carbocycles. The minimum absolute atomic E-state index is 0.0202. The maximum atomic E-state index is 12.9. The molecule has 0 bridgehead atoms. The van der Waals surface area contributed by atoms with E-state index in [1.165, 1.54) is 28.8 Å². The molecule has 0 amide bonds. The normalized spacial score (nSPS) is 12.6. The Morgan fingerprint density at radius 1 is 0.862 bits per heavy atom. The molecule has 0 fully saturated rings. The summed E-state index contributed by atoms with van der Waals surface area (Å²) in [7, 11) is -3.80. The molecule has 1 aliphatic heterocycles. The van der Waals surface area contributed by atoms with Crippen LogP contribution in [0.5, 0.6) is 0 Å². The van der Waals surface area contributed by atoms with Crippen molar-refractivity contribution >= 4 is 32.4 Å². The fourth-order valence-electron chi connectivity index (χ4n) is 3.42. The number of benzene rings is 3. The van der Waals surface area contributed by atoms with Crippen LogP contribution in [0.25, 0.3) is 16.6 Å². The highest BCUT2D eigenvalue weighted by Gasteiger charge is 2.31. The number of fused-ring (bicyclic) bond motifs is 4. The Morgan fingerprint density at radius 2 is 1.59 bits per heavy atom. The van der Waals surface area contributed by atoms with Gasteiger partial charge in [0.05, 0.1) is 27.0 Å². The van der Waals surface area contributed by atoms with Crippen LogP contribution in [-0.2, 0) is 10.0 Å². The van der Waals surface area contributed by atoms with E-state index in [0.717, 1.165) is 0 Å². The third kappa shape index (κ3) is 2.65. The van der Waals surface area contributed by atoms with E-state index in [-0.39, 0.29) is 27.5 Å². The highest BCUT2D eigenvalue weighted by atomic mass is 32.2. The molecule has 2 heterocycles. The Kier molecular flexibility index (Phi) is 3.65. The number of carbonyl (C=O) groups excluding carboxylic acids is 1. The van der Waals surface area contributed by atoms with Gasteiger partial charge in [-0.05, 0) is 42.5 Å². The maximum Gasteiger partial charge on any atom is 0.266 e. The number of aromatic nitrogens is 2. The molecule has 5 rings (SSSR count). The first-order chi connectivity index (χ1) is 14.0. The molecule has 0 unspecified atom stereocenters. The molecular weight excluding hydrogens is 390 g/mol. The Balaban J connectivity index is 1.61. The largest absolute Gasteiger partial charge is 0.285 e. The number of para-hydroxylation sites is 1. The minimum atomic E-state index is -3.80. The molecule has 29 heavy (non-hydrogen) atoms. The molecule has 0 spiro atoms. The fourth-order valence-corrected chi connectivity index (χ4v) is 4.49. The molecule has 8 heteroatoms. The lowest BCUT2D eigenvalue weighted by molar-refractivity contribution is 0.103. The Hall–Kier alpha value is -3.78. The zero-order valence-corrected chi connectivity index (χ0v) is 15.7. The number of sulfonamides is 1. The van der Waals surface area contributed by atoms with Crippen LogP contribution >= 0.6 is 0 Å². The van der Waals surface area contributed by atoms with Gasteiger partial charge in [-0.15, -0.1) is 0 Å². The van der Waals surface area contributed by atoms with Crippen LogP contribution in [0.3, 0.4) is 0 Å². The SMILES string of the molecule is O=C1c2cc(NS(=O)(=O)c3ccccc3)ccc2-n2c1nc1ccccc1c2=O. The van der Waals surface area contributed by atoms with Crippen LogP contribution < -0.4 is 10.3 Å². The number of hydrogen-bond donors (Lipinski definition) is 1. The number of ketones is 1. The van der Waals surface area contributed by atoms with Gasteiger partial charge >= 0.3 is 0 Å². The number of rotatable bonds is 3. The van der Waals surface area contributed by atoms with Gasteiger partial charge in [0.2, 0.25) is 5.78 Å². The zero-order chi connectivity index (χ0) is 20.2. The summed E-state index contributed by atoms with van der Waals surface area (Å²) in [5, 5.41) is 0.408. The van der Waals surface area contributed by atoms with Crippen molar-refractivity contribution in [3.8, 4) is 5.69 Å². The van der Waals surface area contributed by atoms with Crippen LogP contribution in [-0.4, -0.2) is 23.8 Å². The topological polar surface area (TPSA) is 98.1 Å². The first-order valence-electron chi connectivity index (χ1n) is 8.74. The molecule has 1 N–H and O–H groups in total. The summed E-state index contributed by atoms with van der Waals surface area (Å²) in [5.41, 5.74) is 0.936. The molecule has 1 aromatic heterocycles. The Labute approximate surface area is 165 Å². The van der Waals surface area contributed by atoms with Gasteiger partial charge in [-0.25, -0.2) is 13.4 Å². The lowest BCUT2D eigenvalue weighted by atomic mass is 10.1. The molecule has 142 valence electrons. The minimum Gasteiger partial charge on any atom is -0.285 e. The van der Waals surface area contributed by atoms with Gasteiger partial charge in [0.25, 0.3) is 15.6 Å². The number of hydrogen-bond acceptors (Lipinski definition) is 5. The van der Waals surface area contributed by atoms with E-state index in [9.17, 15) is 18.0 Å². The van der Waals surface area contributed by atoms with Crippen molar-refractivity contribution in [1.82, 2.24) is 9.55 Å². The second-order valence-electron chi connectivity index (χ2n) is 6.57. The molecule has 4 aromatic rings. The first kappa shape index (κ1) is 17.3. The Bertz CT molecular complexity index is 1480. The third-order valence-corrected chi connectivity index (χ3v) is 6.16. The maximum absolute atomic E-state index is 12.9. The third-order valence-electron chi connectivity index (χ3n) is 4.77. The van der Waals surface area contributed by atoms with Gasteiger partial charge in [-0.2, -0.15) is 0 Å². The molecule has 1 aliphatic rings. The van der Waals surface area contributed by atoms with Crippen molar-refractivity contribution in [1.29, 1.82) is 0 Å². The van der Waals surface area contributed by atoms with Crippen molar-refractivity contribution in [2.24, 2.45) is 0 Å². The van der Waals surface area contributed by atoms with Crippen LogP contribution in [0.1, 0.15) is 16.2 Å². The number of nitrogens with one attached hydrogen (secondary N) is 1. The molecule has 7 nitrogen and oxygen atoms in total. The lowest BCUT2D eigenvalue weighted by Crippen LogP contribution is -2.21. The van der Waals surface area contributed by atoms with E-state index >= 15 is 0 Å².